The molecule has 1 N–H and O–H groups in total. The van der Waals surface area contributed by atoms with Crippen molar-refractivity contribution >= 4 is 29.2 Å². The van der Waals surface area contributed by atoms with Crippen LogP contribution in [0.4, 0.5) is 0 Å². The van der Waals surface area contributed by atoms with Crippen LogP contribution < -0.4 is 5.32 Å². The highest BCUT2D eigenvalue weighted by molar-refractivity contribution is 7.10. The van der Waals surface area contributed by atoms with Crippen molar-refractivity contribution in [2.24, 2.45) is 0 Å². The number of carbonyl (C=O) groups excluding carboxylic acids is 2. The molecule has 2 rings (SSSR count). The van der Waals surface area contributed by atoms with Crippen molar-refractivity contribution in [3.63, 3.8) is 0 Å². The summed E-state index contributed by atoms with van der Waals surface area (Å²) in [7, 11) is 3.60. The van der Waals surface area contributed by atoms with Gasteiger partial charge in [0.05, 0.1) is 6.04 Å². The Labute approximate surface area is 141 Å². The summed E-state index contributed by atoms with van der Waals surface area (Å²) < 4.78 is 0. The van der Waals surface area contributed by atoms with Crippen molar-refractivity contribution in [2.45, 2.75) is 25.3 Å². The van der Waals surface area contributed by atoms with Gasteiger partial charge in [0.25, 0.3) is 0 Å². The lowest BCUT2D eigenvalue weighted by molar-refractivity contribution is -0.133. The Morgan fingerprint density at radius 3 is 3.04 bits per heavy atom. The van der Waals surface area contributed by atoms with Gasteiger partial charge < -0.3 is 10.2 Å². The molecule has 1 fully saturated rings. The van der Waals surface area contributed by atoms with Crippen LogP contribution in [0, 0.1) is 0 Å². The summed E-state index contributed by atoms with van der Waals surface area (Å²) in [5.41, 5.74) is 0. The van der Waals surface area contributed by atoms with E-state index in [-0.39, 0.29) is 17.9 Å². The van der Waals surface area contributed by atoms with Gasteiger partial charge in [-0.05, 0) is 31.9 Å². The second-order valence-electron chi connectivity index (χ2n) is 5.77. The third-order valence-corrected chi connectivity index (χ3v) is 4.58. The number of rotatable bonds is 7. The van der Waals surface area contributed by atoms with Gasteiger partial charge in [0.15, 0.2) is 0 Å². The molecule has 2 amide bonds. The van der Waals surface area contributed by atoms with Gasteiger partial charge in [-0.3, -0.25) is 14.5 Å². The average molecular weight is 336 g/mol. The van der Waals surface area contributed by atoms with Crippen LogP contribution in [0.1, 0.15) is 24.3 Å². The van der Waals surface area contributed by atoms with Crippen LogP contribution in [0.25, 0.3) is 6.08 Å². The number of likely N-dealkylation sites (N-methyl/N-ethyl adjacent to an activating group) is 1. The maximum Gasteiger partial charge on any atom is 0.244 e. The van der Waals surface area contributed by atoms with E-state index in [1.54, 1.807) is 31.3 Å². The Bertz CT molecular complexity index is 542. The summed E-state index contributed by atoms with van der Waals surface area (Å²) in [5.74, 6) is 0.0699. The Balaban J connectivity index is 1.66. The molecule has 0 spiro atoms. The van der Waals surface area contributed by atoms with E-state index in [4.69, 9.17) is 0 Å². The summed E-state index contributed by atoms with van der Waals surface area (Å²) >= 11 is 1.49. The zero-order valence-corrected chi connectivity index (χ0v) is 14.5. The molecule has 0 unspecified atom stereocenters. The van der Waals surface area contributed by atoms with Crippen LogP contribution in [-0.2, 0) is 9.59 Å². The maximum absolute atomic E-state index is 12.1. The van der Waals surface area contributed by atoms with Gasteiger partial charge in [0, 0.05) is 44.8 Å². The summed E-state index contributed by atoms with van der Waals surface area (Å²) in [6.07, 6.45) is 7.77. The Hall–Kier alpha value is -1.73. The van der Waals surface area contributed by atoms with E-state index in [0.717, 1.165) is 37.4 Å². The topological polar surface area (TPSA) is 65.5 Å². The first-order valence-electron chi connectivity index (χ1n) is 7.88. The molecule has 1 aromatic rings. The molecule has 1 aromatic heterocycles. The van der Waals surface area contributed by atoms with Crippen LogP contribution >= 0.6 is 11.3 Å². The van der Waals surface area contributed by atoms with Crippen LogP contribution in [0.5, 0.6) is 0 Å². The number of likely N-dealkylation sites (tertiary alicyclic amines) is 1. The highest BCUT2D eigenvalue weighted by Gasteiger charge is 2.30. The smallest absolute Gasteiger partial charge is 0.244 e. The van der Waals surface area contributed by atoms with Crippen LogP contribution in [0.3, 0.4) is 0 Å². The van der Waals surface area contributed by atoms with Gasteiger partial charge >= 0.3 is 0 Å². The largest absolute Gasteiger partial charge is 0.353 e. The lowest BCUT2D eigenvalue weighted by Gasteiger charge is -2.25. The molecule has 1 atom stereocenters. The van der Waals surface area contributed by atoms with Gasteiger partial charge in [0.2, 0.25) is 11.8 Å². The first-order chi connectivity index (χ1) is 11.1. The quantitative estimate of drug-likeness (QED) is 0.600. The van der Waals surface area contributed by atoms with E-state index in [9.17, 15) is 9.59 Å². The molecule has 0 radical (unpaired) electrons. The summed E-state index contributed by atoms with van der Waals surface area (Å²) in [6, 6.07) is 0.00509. The normalized spacial score (nSPS) is 18.4. The van der Waals surface area contributed by atoms with Gasteiger partial charge in [-0.1, -0.05) is 0 Å². The van der Waals surface area contributed by atoms with E-state index in [1.807, 2.05) is 5.38 Å². The molecule has 7 heteroatoms. The predicted molar refractivity (Wildman–Crippen MR) is 92.1 cm³/mol. The Morgan fingerprint density at radius 1 is 1.52 bits per heavy atom. The van der Waals surface area contributed by atoms with Crippen molar-refractivity contribution in [1.82, 2.24) is 20.1 Å². The van der Waals surface area contributed by atoms with Crippen molar-refractivity contribution < 1.29 is 9.59 Å². The Kier molecular flexibility index (Phi) is 6.73. The second kappa shape index (κ2) is 8.79. The molecule has 1 aliphatic heterocycles. The minimum atomic E-state index is -0.109. The molecule has 0 aromatic carbocycles. The number of carbonyl (C=O) groups is 2. The van der Waals surface area contributed by atoms with Crippen molar-refractivity contribution in [2.75, 3.05) is 33.7 Å². The predicted octanol–water partition coefficient (Wildman–Crippen LogP) is 1.22. The van der Waals surface area contributed by atoms with E-state index in [2.05, 4.69) is 15.2 Å². The highest BCUT2D eigenvalue weighted by atomic mass is 32.1. The third-order valence-electron chi connectivity index (χ3n) is 3.84. The molecule has 6 nitrogen and oxygen atoms in total. The van der Waals surface area contributed by atoms with Gasteiger partial charge in [-0.25, -0.2) is 4.98 Å². The fraction of sp³-hybridized carbons (Fsp3) is 0.562. The highest BCUT2D eigenvalue weighted by Crippen LogP contribution is 2.18. The van der Waals surface area contributed by atoms with E-state index in [0.29, 0.717) is 6.54 Å². The molecule has 0 aliphatic carbocycles. The van der Waals surface area contributed by atoms with Crippen LogP contribution in [0.15, 0.2) is 17.7 Å². The number of nitrogens with one attached hydrogen (secondary N) is 1. The summed E-state index contributed by atoms with van der Waals surface area (Å²) in [4.78, 5) is 31.8. The average Bonchev–Trinajstić information content (AvgIpc) is 3.20. The first kappa shape index (κ1) is 17.6. The number of hydrogen-bond donors (Lipinski definition) is 1. The monoisotopic (exact) mass is 336 g/mol. The Morgan fingerprint density at radius 2 is 2.35 bits per heavy atom. The minimum Gasteiger partial charge on any atom is -0.353 e. The van der Waals surface area contributed by atoms with E-state index >= 15 is 0 Å². The molecule has 0 bridgehead atoms. The fourth-order valence-corrected chi connectivity index (χ4v) is 3.22. The van der Waals surface area contributed by atoms with Crippen LogP contribution in [-0.4, -0.2) is 66.4 Å². The number of amides is 2. The molecule has 23 heavy (non-hydrogen) atoms. The van der Waals surface area contributed by atoms with Gasteiger partial charge in [-0.15, -0.1) is 11.3 Å². The molecular formula is C16H24N4O2S. The fourth-order valence-electron chi connectivity index (χ4n) is 2.69. The zero-order valence-electron chi connectivity index (χ0n) is 13.7. The summed E-state index contributed by atoms with van der Waals surface area (Å²) in [5, 5.41) is 5.56. The number of nitrogens with zero attached hydrogens (tertiary/aromatic N) is 3. The zero-order chi connectivity index (χ0) is 16.7. The second-order valence-corrected chi connectivity index (χ2v) is 6.70. The van der Waals surface area contributed by atoms with E-state index in [1.165, 1.54) is 17.4 Å². The van der Waals surface area contributed by atoms with Crippen LogP contribution in [0.2, 0.25) is 0 Å². The van der Waals surface area contributed by atoms with E-state index < -0.39 is 0 Å². The summed E-state index contributed by atoms with van der Waals surface area (Å²) in [6.45, 7) is 2.41. The lowest BCUT2D eigenvalue weighted by Crippen LogP contribution is -2.43. The third kappa shape index (κ3) is 5.44. The number of aromatic nitrogens is 1. The van der Waals surface area contributed by atoms with Gasteiger partial charge in [0.1, 0.15) is 5.01 Å². The lowest BCUT2D eigenvalue weighted by atomic mass is 10.2. The SMILES string of the molecule is CN(C)C(=O)[C@@H]1CCCN1CCCNC(=O)/C=C/c1nccs1. The minimum absolute atomic E-state index is 0.00509. The van der Waals surface area contributed by atoms with Crippen molar-refractivity contribution in [3.05, 3.63) is 22.7 Å². The first-order valence-corrected chi connectivity index (χ1v) is 8.76. The molecule has 0 saturated carbocycles. The van der Waals surface area contributed by atoms with Crippen molar-refractivity contribution in [3.8, 4) is 0 Å². The van der Waals surface area contributed by atoms with Gasteiger partial charge in [-0.2, -0.15) is 0 Å². The molecular weight excluding hydrogens is 312 g/mol. The molecule has 2 heterocycles. The molecule has 1 saturated heterocycles. The molecule has 126 valence electrons. The standard InChI is InChI=1S/C16H24N4O2S/c1-19(2)16(22)13-5-3-10-20(13)11-4-8-17-14(21)6-7-15-18-9-12-23-15/h6-7,9,12-13H,3-5,8,10-11H2,1-2H3,(H,17,21)/b7-6+/t13-/m0/s1. The number of thiazole rings is 1. The number of hydrogen-bond acceptors (Lipinski definition) is 5. The van der Waals surface area contributed by atoms with Crippen molar-refractivity contribution in [1.29, 1.82) is 0 Å². The maximum atomic E-state index is 12.1. The molecule has 1 aliphatic rings.